The van der Waals surface area contributed by atoms with Crippen LogP contribution in [0, 0.1) is 18.8 Å². The van der Waals surface area contributed by atoms with Gasteiger partial charge < -0.3 is 23.7 Å². The smallest absolute Gasteiger partial charge is 0.135 e. The van der Waals surface area contributed by atoms with Crippen molar-refractivity contribution in [3.63, 3.8) is 0 Å². The molecule has 0 amide bonds. The van der Waals surface area contributed by atoms with Crippen LogP contribution in [-0.4, -0.2) is 21.2 Å². The Morgan fingerprint density at radius 3 is 2.08 bits per heavy atom. The minimum atomic E-state index is -0.125. The molecule has 0 saturated heterocycles. The predicted molar refractivity (Wildman–Crippen MR) is 215 cm³/mol. The fraction of sp³-hybridized carbons (Fsp3) is 0.217. The van der Waals surface area contributed by atoms with Gasteiger partial charge in [-0.15, -0.1) is 47.0 Å². The fourth-order valence-electron chi connectivity index (χ4n) is 7.71. The maximum absolute atomic E-state index is 6.73. The Bertz CT molecular complexity index is 2710. The van der Waals surface area contributed by atoms with E-state index in [0.29, 0.717) is 11.5 Å². The maximum Gasteiger partial charge on any atom is 0.135 e. The molecule has 9 rings (SSSR count). The van der Waals surface area contributed by atoms with Crippen molar-refractivity contribution in [2.24, 2.45) is 7.05 Å². The van der Waals surface area contributed by atoms with Crippen LogP contribution in [0.5, 0.6) is 11.5 Å². The molecule has 0 radical (unpaired) electrons. The van der Waals surface area contributed by atoms with Crippen LogP contribution in [0.15, 0.2) is 103 Å². The Morgan fingerprint density at radius 2 is 1.34 bits per heavy atom. The van der Waals surface area contributed by atoms with E-state index in [1.807, 2.05) is 12.3 Å². The van der Waals surface area contributed by atoms with E-state index < -0.39 is 0 Å². The predicted octanol–water partition coefficient (Wildman–Crippen LogP) is 11.5. The monoisotopic (exact) mass is 875 g/mol. The molecule has 0 fully saturated rings. The minimum Gasteiger partial charge on any atom is -0.509 e. The Hall–Kier alpha value is -5.06. The van der Waals surface area contributed by atoms with E-state index in [-0.39, 0.29) is 31.9 Å². The number of hydrogen-bond acceptors (Lipinski definition) is 4. The van der Waals surface area contributed by atoms with Gasteiger partial charge in [0.2, 0.25) is 0 Å². The number of aromatic nitrogens is 3. The molecule has 8 aromatic rings. The summed E-state index contributed by atoms with van der Waals surface area (Å²) < 4.78 is 11.2. The van der Waals surface area contributed by atoms with Gasteiger partial charge in [0.15, 0.2) is 0 Å². The van der Waals surface area contributed by atoms with Gasteiger partial charge in [-0.2, -0.15) is 12.7 Å². The summed E-state index contributed by atoms with van der Waals surface area (Å²) in [5, 5.41) is 4.76. The van der Waals surface area contributed by atoms with Gasteiger partial charge in [-0.05, 0) is 59.2 Å². The van der Waals surface area contributed by atoms with Gasteiger partial charge in [-0.3, -0.25) is 0 Å². The summed E-state index contributed by atoms with van der Waals surface area (Å²) in [4.78, 5) is 9.30. The van der Waals surface area contributed by atoms with Crippen LogP contribution in [0.1, 0.15) is 52.7 Å². The van der Waals surface area contributed by atoms with Crippen LogP contribution < -0.4 is 14.5 Å². The zero-order chi connectivity index (χ0) is 36.1. The molecule has 0 spiro atoms. The topological polar surface area (TPSA) is 38.5 Å². The average molecular weight is 876 g/mol. The van der Waals surface area contributed by atoms with E-state index in [0.717, 1.165) is 44.6 Å². The van der Waals surface area contributed by atoms with Crippen molar-refractivity contribution >= 4 is 60.7 Å². The van der Waals surface area contributed by atoms with Crippen molar-refractivity contribution < 1.29 is 25.8 Å². The number of ether oxygens (including phenoxy) is 1. The molecule has 0 atom stereocenters. The van der Waals surface area contributed by atoms with Crippen LogP contribution >= 0.6 is 0 Å². The Balaban J connectivity index is 0.00000400. The number of rotatable bonds is 4. The molecule has 5 aromatic carbocycles. The van der Waals surface area contributed by atoms with Gasteiger partial charge >= 0.3 is 0 Å². The van der Waals surface area contributed by atoms with Crippen LogP contribution in [0.3, 0.4) is 0 Å². The maximum atomic E-state index is 6.73. The number of nitrogens with zero attached hydrogens (tertiary/aromatic N) is 5. The quantitative estimate of drug-likeness (QED) is 0.165. The number of para-hydroxylation sites is 2. The second-order valence-corrected chi connectivity index (χ2v) is 16.1. The van der Waals surface area contributed by atoms with Crippen LogP contribution in [0.25, 0.3) is 49.4 Å². The van der Waals surface area contributed by atoms with Gasteiger partial charge in [0.1, 0.15) is 5.82 Å². The molecule has 1 aliphatic rings. The number of pyridine rings is 1. The molecule has 7 heteroatoms. The second kappa shape index (κ2) is 12.5. The zero-order valence-electron chi connectivity index (χ0n) is 31.4. The third kappa shape index (κ3) is 5.70. The number of hydrogen-bond donors (Lipinski definition) is 0. The summed E-state index contributed by atoms with van der Waals surface area (Å²) in [7, 11) is 4.28. The van der Waals surface area contributed by atoms with E-state index in [1.54, 1.807) is 0 Å². The zero-order valence-corrected chi connectivity index (χ0v) is 33.6. The van der Waals surface area contributed by atoms with E-state index >= 15 is 0 Å². The molecule has 1 aliphatic heterocycles. The third-order valence-corrected chi connectivity index (χ3v) is 10.5. The van der Waals surface area contributed by atoms with Crippen molar-refractivity contribution in [1.29, 1.82) is 0 Å². The molecule has 53 heavy (non-hydrogen) atoms. The first-order valence-corrected chi connectivity index (χ1v) is 17.9. The Kier molecular flexibility index (Phi) is 8.27. The van der Waals surface area contributed by atoms with Crippen LogP contribution in [-0.2, 0) is 38.9 Å². The minimum absolute atomic E-state index is 0. The van der Waals surface area contributed by atoms with Gasteiger partial charge in [-0.25, -0.2) is 4.98 Å². The van der Waals surface area contributed by atoms with Gasteiger partial charge in [-0.1, -0.05) is 89.5 Å². The largest absolute Gasteiger partial charge is 0.509 e. The molecule has 3 aromatic heterocycles. The Labute approximate surface area is 325 Å². The molecule has 0 N–H and O–H groups in total. The summed E-state index contributed by atoms with van der Waals surface area (Å²) in [6.07, 6.45) is 1.90. The van der Waals surface area contributed by atoms with Crippen molar-refractivity contribution in [2.75, 3.05) is 16.8 Å². The summed E-state index contributed by atoms with van der Waals surface area (Å²) in [5.74, 6) is 2.13. The average Bonchev–Trinajstić information content (AvgIpc) is 3.74. The van der Waals surface area contributed by atoms with Gasteiger partial charge in [0.05, 0.1) is 11.2 Å². The third-order valence-electron chi connectivity index (χ3n) is 10.5. The molecule has 0 unspecified atom stereocenters. The summed E-state index contributed by atoms with van der Waals surface area (Å²) in [6.45, 7) is 15.5. The summed E-state index contributed by atoms with van der Waals surface area (Å²) >= 11 is 0. The molecule has 6 nitrogen and oxygen atoms in total. The first kappa shape index (κ1) is 35.0. The normalized spacial score (nSPS) is 13.4. The van der Waals surface area contributed by atoms with Gasteiger partial charge in [0.25, 0.3) is 0 Å². The van der Waals surface area contributed by atoms with E-state index in [1.165, 1.54) is 33.1 Å². The molecule has 0 bridgehead atoms. The standard InChI is InChI=1S/C46H42N5O.Pt/c1-45(2,3)29-21-22-47-42(25-29)51-39-16-12-10-13-34(39)36-18-17-32(27-41(36)51)52-33-24-30(46(4,5)6)23-31(26-33)50-28-48(7)44-40(50)20-19-37-35-14-9-11-15-38(35)49(8)43(37)44;/h9-25,28H,1-8H3;/q-3;. The first-order chi connectivity index (χ1) is 24.9. The second-order valence-electron chi connectivity index (χ2n) is 16.1. The summed E-state index contributed by atoms with van der Waals surface area (Å²) in [5.41, 5.74) is 9.89. The summed E-state index contributed by atoms with van der Waals surface area (Å²) in [6, 6.07) is 41.6. The van der Waals surface area contributed by atoms with E-state index in [9.17, 15) is 0 Å². The number of fused-ring (bicyclic) bond motifs is 8. The number of benzene rings is 5. The van der Waals surface area contributed by atoms with Crippen molar-refractivity contribution in [2.45, 2.75) is 52.4 Å². The van der Waals surface area contributed by atoms with Crippen molar-refractivity contribution in [3.05, 3.63) is 133 Å². The fourth-order valence-corrected chi connectivity index (χ4v) is 7.71. The molecular formula is C46H42N5OPt-3. The SMILES string of the molecule is CN1[CH-]N(c2[c-]c(Oc3[c-]c4c(cc3)c3ccccc3n4-c3cc(C(C)(C)C)ccn3)cc(C(C)(C)C)c2)c2ccc3c4ccccc4n(C)c3c21.[Pt]. The number of aryl methyl sites for hydroxylation is 1. The van der Waals surface area contributed by atoms with Crippen LogP contribution in [0.4, 0.5) is 17.1 Å². The van der Waals surface area contributed by atoms with Crippen molar-refractivity contribution in [1.82, 2.24) is 14.1 Å². The first-order valence-electron chi connectivity index (χ1n) is 17.9. The number of anilines is 3. The Morgan fingerprint density at radius 1 is 0.660 bits per heavy atom. The van der Waals surface area contributed by atoms with E-state index in [2.05, 4.69) is 184 Å². The molecule has 4 heterocycles. The van der Waals surface area contributed by atoms with Gasteiger partial charge in [0, 0.05) is 73.3 Å². The molecule has 0 aliphatic carbocycles. The molecule has 270 valence electrons. The van der Waals surface area contributed by atoms with Crippen LogP contribution in [0.2, 0.25) is 0 Å². The van der Waals surface area contributed by atoms with Crippen molar-refractivity contribution in [3.8, 4) is 17.3 Å². The molecular weight excluding hydrogens is 834 g/mol. The van der Waals surface area contributed by atoms with E-state index in [4.69, 9.17) is 9.72 Å². The molecule has 0 saturated carbocycles.